The summed E-state index contributed by atoms with van der Waals surface area (Å²) >= 11 is 0. The first-order valence-corrected chi connectivity index (χ1v) is 6.23. The molecular formula is C13H15N3O2. The van der Waals surface area contributed by atoms with Crippen LogP contribution in [0.3, 0.4) is 0 Å². The molecule has 2 heterocycles. The molecule has 18 heavy (non-hydrogen) atoms. The second-order valence-corrected chi connectivity index (χ2v) is 4.60. The number of H-pyrrole nitrogens is 1. The Balaban J connectivity index is 1.70. The summed E-state index contributed by atoms with van der Waals surface area (Å²) in [7, 11) is 0. The fraction of sp³-hybridized carbons (Fsp3) is 0.385. The highest BCUT2D eigenvalue weighted by Crippen LogP contribution is 2.20. The van der Waals surface area contributed by atoms with E-state index in [0.717, 1.165) is 18.5 Å². The first-order valence-electron chi connectivity index (χ1n) is 6.23. The van der Waals surface area contributed by atoms with Crippen molar-refractivity contribution in [2.45, 2.75) is 31.7 Å². The van der Waals surface area contributed by atoms with Crippen molar-refractivity contribution >= 4 is 5.91 Å². The second kappa shape index (κ2) is 4.68. The molecule has 1 saturated carbocycles. The summed E-state index contributed by atoms with van der Waals surface area (Å²) in [4.78, 5) is 12.0. The third-order valence-electron chi connectivity index (χ3n) is 3.29. The maximum atomic E-state index is 12.0. The third-order valence-corrected chi connectivity index (χ3v) is 3.29. The number of rotatable bonds is 3. The molecule has 1 fully saturated rings. The average molecular weight is 245 g/mol. The third kappa shape index (κ3) is 2.16. The quantitative estimate of drug-likeness (QED) is 0.871. The molecule has 0 saturated heterocycles. The summed E-state index contributed by atoms with van der Waals surface area (Å²) in [6.07, 6.45) is 6.13. The zero-order valence-corrected chi connectivity index (χ0v) is 9.98. The summed E-state index contributed by atoms with van der Waals surface area (Å²) < 4.78 is 5.24. The van der Waals surface area contributed by atoms with Crippen molar-refractivity contribution in [1.82, 2.24) is 15.5 Å². The van der Waals surface area contributed by atoms with Crippen molar-refractivity contribution in [3.05, 3.63) is 30.2 Å². The van der Waals surface area contributed by atoms with Crippen LogP contribution in [-0.4, -0.2) is 22.1 Å². The first-order chi connectivity index (χ1) is 8.83. The van der Waals surface area contributed by atoms with Gasteiger partial charge in [-0.3, -0.25) is 9.89 Å². The van der Waals surface area contributed by atoms with Crippen LogP contribution in [-0.2, 0) is 0 Å². The van der Waals surface area contributed by atoms with Crippen molar-refractivity contribution in [1.29, 1.82) is 0 Å². The van der Waals surface area contributed by atoms with E-state index < -0.39 is 0 Å². The molecule has 1 amide bonds. The normalized spacial score (nSPS) is 16.0. The molecule has 2 N–H and O–H groups in total. The summed E-state index contributed by atoms with van der Waals surface area (Å²) in [6, 6.07) is 5.64. The number of furan rings is 1. The molecule has 0 bridgehead atoms. The van der Waals surface area contributed by atoms with Gasteiger partial charge in [-0.25, -0.2) is 0 Å². The topological polar surface area (TPSA) is 70.9 Å². The zero-order valence-electron chi connectivity index (χ0n) is 9.98. The summed E-state index contributed by atoms with van der Waals surface area (Å²) in [5.41, 5.74) is 1.13. The molecule has 1 aliphatic rings. The maximum absolute atomic E-state index is 12.0. The number of aromatic nitrogens is 2. The minimum atomic E-state index is -0.115. The van der Waals surface area contributed by atoms with Crippen LogP contribution in [0.2, 0.25) is 0 Å². The summed E-state index contributed by atoms with van der Waals surface area (Å²) in [5, 5.41) is 9.83. The van der Waals surface area contributed by atoms with E-state index in [4.69, 9.17) is 4.42 Å². The van der Waals surface area contributed by atoms with Crippen molar-refractivity contribution < 1.29 is 9.21 Å². The van der Waals surface area contributed by atoms with E-state index in [1.54, 1.807) is 18.4 Å². The smallest absolute Gasteiger partial charge is 0.272 e. The van der Waals surface area contributed by atoms with E-state index >= 15 is 0 Å². The molecule has 1 aliphatic carbocycles. The van der Waals surface area contributed by atoms with Gasteiger partial charge in [-0.1, -0.05) is 12.8 Å². The number of carbonyl (C=O) groups is 1. The number of hydrogen-bond acceptors (Lipinski definition) is 3. The molecule has 5 heteroatoms. The molecular weight excluding hydrogens is 230 g/mol. The Kier molecular flexibility index (Phi) is 2.88. The average Bonchev–Trinajstić information content (AvgIpc) is 3.11. The highest BCUT2D eigenvalue weighted by atomic mass is 16.3. The Labute approximate surface area is 105 Å². The molecule has 94 valence electrons. The molecule has 0 aromatic carbocycles. The van der Waals surface area contributed by atoms with Gasteiger partial charge in [-0.15, -0.1) is 0 Å². The molecule has 5 nitrogen and oxygen atoms in total. The van der Waals surface area contributed by atoms with Crippen LogP contribution in [0.15, 0.2) is 28.9 Å². The van der Waals surface area contributed by atoms with Crippen molar-refractivity contribution in [3.63, 3.8) is 0 Å². The fourth-order valence-electron chi connectivity index (χ4n) is 2.33. The van der Waals surface area contributed by atoms with Gasteiger partial charge in [0.15, 0.2) is 11.5 Å². The SMILES string of the molecule is O=C(NC1CCCC1)c1cc(-c2ccco2)[nH]n1. The lowest BCUT2D eigenvalue weighted by atomic mass is 10.2. The Morgan fingerprint density at radius 1 is 1.44 bits per heavy atom. The number of amides is 1. The minimum Gasteiger partial charge on any atom is -0.463 e. The van der Waals surface area contributed by atoms with E-state index in [9.17, 15) is 4.79 Å². The largest absolute Gasteiger partial charge is 0.463 e. The Morgan fingerprint density at radius 2 is 2.28 bits per heavy atom. The summed E-state index contributed by atoms with van der Waals surface area (Å²) in [5.74, 6) is 0.568. The molecule has 3 rings (SSSR count). The van der Waals surface area contributed by atoms with Gasteiger partial charge in [0.25, 0.3) is 5.91 Å². The lowest BCUT2D eigenvalue weighted by Crippen LogP contribution is -2.32. The van der Waals surface area contributed by atoms with Crippen LogP contribution in [0.25, 0.3) is 11.5 Å². The van der Waals surface area contributed by atoms with E-state index in [-0.39, 0.29) is 5.91 Å². The van der Waals surface area contributed by atoms with Gasteiger partial charge in [0.1, 0.15) is 5.69 Å². The van der Waals surface area contributed by atoms with Crippen LogP contribution in [0, 0.1) is 0 Å². The molecule has 0 atom stereocenters. The standard InChI is InChI=1S/C13H15N3O2/c17-13(14-9-4-1-2-5-9)11-8-10(15-16-11)12-6-3-7-18-12/h3,6-9H,1-2,4-5H2,(H,14,17)(H,15,16). The Bertz CT molecular complexity index is 524. The Hall–Kier alpha value is -2.04. The lowest BCUT2D eigenvalue weighted by molar-refractivity contribution is 0.0933. The van der Waals surface area contributed by atoms with E-state index in [1.165, 1.54) is 12.8 Å². The van der Waals surface area contributed by atoms with E-state index in [1.807, 2.05) is 6.07 Å². The van der Waals surface area contributed by atoms with Gasteiger partial charge < -0.3 is 9.73 Å². The molecule has 2 aromatic heterocycles. The number of nitrogens with zero attached hydrogens (tertiary/aromatic N) is 1. The van der Waals surface area contributed by atoms with Crippen LogP contribution in [0.1, 0.15) is 36.2 Å². The fourth-order valence-corrected chi connectivity index (χ4v) is 2.33. The van der Waals surface area contributed by atoms with Crippen LogP contribution >= 0.6 is 0 Å². The zero-order chi connectivity index (χ0) is 12.4. The highest BCUT2D eigenvalue weighted by molar-refractivity contribution is 5.93. The first kappa shape index (κ1) is 11.1. The molecule has 0 radical (unpaired) electrons. The molecule has 0 unspecified atom stereocenters. The van der Waals surface area contributed by atoms with Gasteiger partial charge in [-0.2, -0.15) is 5.10 Å². The number of carbonyl (C=O) groups excluding carboxylic acids is 1. The van der Waals surface area contributed by atoms with Crippen molar-refractivity contribution in [2.75, 3.05) is 0 Å². The summed E-state index contributed by atoms with van der Waals surface area (Å²) in [6.45, 7) is 0. The number of aromatic amines is 1. The number of hydrogen-bond donors (Lipinski definition) is 2. The Morgan fingerprint density at radius 3 is 3.00 bits per heavy atom. The predicted molar refractivity (Wildman–Crippen MR) is 66.0 cm³/mol. The molecule has 2 aromatic rings. The van der Waals surface area contributed by atoms with E-state index in [0.29, 0.717) is 17.5 Å². The lowest BCUT2D eigenvalue weighted by Gasteiger charge is -2.09. The monoisotopic (exact) mass is 245 g/mol. The molecule has 0 aliphatic heterocycles. The van der Waals surface area contributed by atoms with Crippen molar-refractivity contribution in [3.8, 4) is 11.5 Å². The molecule has 0 spiro atoms. The predicted octanol–water partition coefficient (Wildman–Crippen LogP) is 2.34. The van der Waals surface area contributed by atoms with Gasteiger partial charge in [0.2, 0.25) is 0 Å². The highest BCUT2D eigenvalue weighted by Gasteiger charge is 2.19. The van der Waals surface area contributed by atoms with Crippen LogP contribution in [0.5, 0.6) is 0 Å². The second-order valence-electron chi connectivity index (χ2n) is 4.60. The maximum Gasteiger partial charge on any atom is 0.272 e. The minimum absolute atomic E-state index is 0.115. The number of nitrogens with one attached hydrogen (secondary N) is 2. The van der Waals surface area contributed by atoms with Gasteiger partial charge in [0.05, 0.1) is 6.26 Å². The van der Waals surface area contributed by atoms with E-state index in [2.05, 4.69) is 15.5 Å². The van der Waals surface area contributed by atoms with Gasteiger partial charge in [-0.05, 0) is 25.0 Å². The van der Waals surface area contributed by atoms with Crippen molar-refractivity contribution in [2.24, 2.45) is 0 Å². The van der Waals surface area contributed by atoms with Crippen LogP contribution in [0.4, 0.5) is 0 Å². The van der Waals surface area contributed by atoms with Gasteiger partial charge in [0, 0.05) is 12.1 Å². The van der Waals surface area contributed by atoms with Gasteiger partial charge >= 0.3 is 0 Å². The van der Waals surface area contributed by atoms with Crippen LogP contribution < -0.4 is 5.32 Å².